The van der Waals surface area contributed by atoms with Crippen molar-refractivity contribution in [2.75, 3.05) is 6.54 Å². The van der Waals surface area contributed by atoms with E-state index in [1.54, 1.807) is 0 Å². The molecule has 0 bridgehead atoms. The molecule has 1 aliphatic rings. The molecule has 2 nitrogen and oxygen atoms in total. The van der Waals surface area contributed by atoms with E-state index in [1.165, 1.54) is 0 Å². The molecule has 0 aliphatic carbocycles. The van der Waals surface area contributed by atoms with Crippen LogP contribution < -0.4 is 5.32 Å². The summed E-state index contributed by atoms with van der Waals surface area (Å²) in [5, 5.41) is 3.57. The maximum absolute atomic E-state index is 5.81. The fourth-order valence-corrected chi connectivity index (χ4v) is 2.11. The first-order valence-electron chi connectivity index (χ1n) is 5.72. The number of rotatable bonds is 2. The minimum atomic E-state index is 0.214. The average Bonchev–Trinajstić information content (AvgIpc) is 2.23. The Morgan fingerprint density at radius 3 is 2.00 bits per heavy atom. The lowest BCUT2D eigenvalue weighted by Crippen LogP contribution is -2.41. The van der Waals surface area contributed by atoms with Crippen LogP contribution in [0.15, 0.2) is 0 Å². The lowest BCUT2D eigenvalue weighted by Gasteiger charge is -2.26. The standard InChI is InChI=1S/C12H25NO/c1-8-9(2)14-10(3)11(8)7-13-12(4,5)6/h8-11,13H,7H2,1-6H3. The van der Waals surface area contributed by atoms with Gasteiger partial charge < -0.3 is 10.1 Å². The smallest absolute Gasteiger partial charge is 0.0594 e. The first-order chi connectivity index (χ1) is 6.31. The number of nitrogens with one attached hydrogen (secondary N) is 1. The van der Waals surface area contributed by atoms with Crippen molar-refractivity contribution < 1.29 is 4.74 Å². The minimum absolute atomic E-state index is 0.214. The van der Waals surface area contributed by atoms with Crippen LogP contribution >= 0.6 is 0 Å². The van der Waals surface area contributed by atoms with Crippen LogP contribution in [0.4, 0.5) is 0 Å². The van der Waals surface area contributed by atoms with Gasteiger partial charge in [-0.25, -0.2) is 0 Å². The van der Waals surface area contributed by atoms with Gasteiger partial charge in [0.25, 0.3) is 0 Å². The van der Waals surface area contributed by atoms with E-state index < -0.39 is 0 Å². The molecule has 4 atom stereocenters. The van der Waals surface area contributed by atoms with Crippen LogP contribution in [0.2, 0.25) is 0 Å². The SMILES string of the molecule is CC1OC(C)C(CNC(C)(C)C)C1C. The quantitative estimate of drug-likeness (QED) is 0.737. The summed E-state index contributed by atoms with van der Waals surface area (Å²) in [6.45, 7) is 14.4. The molecule has 1 rings (SSSR count). The van der Waals surface area contributed by atoms with Crippen LogP contribution in [0.1, 0.15) is 41.5 Å². The molecule has 1 aliphatic heterocycles. The third kappa shape index (κ3) is 2.96. The molecule has 4 unspecified atom stereocenters. The fraction of sp³-hybridized carbons (Fsp3) is 1.00. The van der Waals surface area contributed by atoms with Gasteiger partial charge in [0.1, 0.15) is 0 Å². The van der Waals surface area contributed by atoms with Gasteiger partial charge in [-0.2, -0.15) is 0 Å². The van der Waals surface area contributed by atoms with E-state index in [0.717, 1.165) is 6.54 Å². The van der Waals surface area contributed by atoms with E-state index in [-0.39, 0.29) is 5.54 Å². The lowest BCUT2D eigenvalue weighted by molar-refractivity contribution is 0.0507. The second kappa shape index (κ2) is 4.19. The molecule has 0 amide bonds. The first kappa shape index (κ1) is 12.0. The van der Waals surface area contributed by atoms with Crippen LogP contribution in [0, 0.1) is 11.8 Å². The molecule has 0 aromatic heterocycles. The predicted octanol–water partition coefficient (Wildman–Crippen LogP) is 2.43. The maximum atomic E-state index is 5.81. The van der Waals surface area contributed by atoms with E-state index in [1.807, 2.05) is 0 Å². The molecular formula is C12H25NO. The second-order valence-electron chi connectivity index (χ2n) is 5.70. The number of ether oxygens (including phenoxy) is 1. The zero-order valence-electron chi connectivity index (χ0n) is 10.4. The zero-order chi connectivity index (χ0) is 10.9. The largest absolute Gasteiger partial charge is 0.375 e. The molecule has 0 aromatic carbocycles. The molecule has 0 aromatic rings. The second-order valence-corrected chi connectivity index (χ2v) is 5.70. The Bertz CT molecular complexity index is 185. The van der Waals surface area contributed by atoms with Crippen LogP contribution in [0.5, 0.6) is 0 Å². The molecule has 1 saturated heterocycles. The van der Waals surface area contributed by atoms with Crippen molar-refractivity contribution in [2.45, 2.75) is 59.3 Å². The minimum Gasteiger partial charge on any atom is -0.375 e. The Labute approximate surface area is 88.4 Å². The molecule has 0 spiro atoms. The highest BCUT2D eigenvalue weighted by molar-refractivity contribution is 4.86. The van der Waals surface area contributed by atoms with Gasteiger partial charge >= 0.3 is 0 Å². The van der Waals surface area contributed by atoms with Crippen molar-refractivity contribution in [1.82, 2.24) is 5.32 Å². The van der Waals surface area contributed by atoms with Crippen LogP contribution in [-0.4, -0.2) is 24.3 Å². The summed E-state index contributed by atoms with van der Waals surface area (Å²) in [7, 11) is 0. The molecule has 14 heavy (non-hydrogen) atoms. The molecule has 0 saturated carbocycles. The van der Waals surface area contributed by atoms with Gasteiger partial charge in [0, 0.05) is 18.0 Å². The van der Waals surface area contributed by atoms with Crippen molar-refractivity contribution in [2.24, 2.45) is 11.8 Å². The van der Waals surface area contributed by atoms with Crippen molar-refractivity contribution in [3.05, 3.63) is 0 Å². The van der Waals surface area contributed by atoms with Crippen LogP contribution in [0.25, 0.3) is 0 Å². The summed E-state index contributed by atoms with van der Waals surface area (Å²) in [6, 6.07) is 0. The highest BCUT2D eigenvalue weighted by Crippen LogP contribution is 2.31. The Kier molecular flexibility index (Phi) is 3.59. The summed E-state index contributed by atoms with van der Waals surface area (Å²) in [5.74, 6) is 1.32. The Balaban J connectivity index is 2.44. The number of hydrogen-bond acceptors (Lipinski definition) is 2. The van der Waals surface area contributed by atoms with Gasteiger partial charge in [-0.15, -0.1) is 0 Å². The van der Waals surface area contributed by atoms with Gasteiger partial charge in [0.15, 0.2) is 0 Å². The summed E-state index contributed by atoms with van der Waals surface area (Å²) in [4.78, 5) is 0. The van der Waals surface area contributed by atoms with Gasteiger partial charge in [0.2, 0.25) is 0 Å². The topological polar surface area (TPSA) is 21.3 Å². The normalized spacial score (nSPS) is 39.0. The van der Waals surface area contributed by atoms with Gasteiger partial charge in [-0.3, -0.25) is 0 Å². The highest BCUT2D eigenvalue weighted by Gasteiger charge is 2.36. The fourth-order valence-electron chi connectivity index (χ4n) is 2.11. The van der Waals surface area contributed by atoms with E-state index in [9.17, 15) is 0 Å². The maximum Gasteiger partial charge on any atom is 0.0594 e. The van der Waals surface area contributed by atoms with Gasteiger partial charge in [-0.1, -0.05) is 6.92 Å². The lowest BCUT2D eigenvalue weighted by atomic mass is 9.89. The molecular weight excluding hydrogens is 174 g/mol. The molecule has 2 heteroatoms. The first-order valence-corrected chi connectivity index (χ1v) is 5.72. The van der Waals surface area contributed by atoms with E-state index in [0.29, 0.717) is 24.0 Å². The van der Waals surface area contributed by atoms with Crippen LogP contribution in [0.3, 0.4) is 0 Å². The van der Waals surface area contributed by atoms with E-state index in [2.05, 4.69) is 46.9 Å². The molecule has 1 N–H and O–H groups in total. The summed E-state index contributed by atoms with van der Waals surface area (Å²) in [6.07, 6.45) is 0.812. The van der Waals surface area contributed by atoms with Crippen molar-refractivity contribution in [1.29, 1.82) is 0 Å². The third-order valence-electron chi connectivity index (χ3n) is 3.32. The van der Waals surface area contributed by atoms with Crippen molar-refractivity contribution >= 4 is 0 Å². The summed E-state index contributed by atoms with van der Waals surface area (Å²) < 4.78 is 5.81. The molecule has 0 radical (unpaired) electrons. The molecule has 1 heterocycles. The van der Waals surface area contributed by atoms with E-state index in [4.69, 9.17) is 4.74 Å². The molecule has 84 valence electrons. The number of hydrogen-bond donors (Lipinski definition) is 1. The monoisotopic (exact) mass is 199 g/mol. The van der Waals surface area contributed by atoms with Gasteiger partial charge in [-0.05, 0) is 40.5 Å². The predicted molar refractivity (Wildman–Crippen MR) is 60.4 cm³/mol. The van der Waals surface area contributed by atoms with Gasteiger partial charge in [0.05, 0.1) is 12.2 Å². The summed E-state index contributed by atoms with van der Waals surface area (Å²) in [5.41, 5.74) is 0.214. The molecule has 1 fully saturated rings. The zero-order valence-corrected chi connectivity index (χ0v) is 10.4. The Morgan fingerprint density at radius 2 is 1.64 bits per heavy atom. The third-order valence-corrected chi connectivity index (χ3v) is 3.32. The highest BCUT2D eigenvalue weighted by atomic mass is 16.5. The van der Waals surface area contributed by atoms with Crippen molar-refractivity contribution in [3.63, 3.8) is 0 Å². The average molecular weight is 199 g/mol. The Hall–Kier alpha value is -0.0800. The Morgan fingerprint density at radius 1 is 1.07 bits per heavy atom. The van der Waals surface area contributed by atoms with Crippen molar-refractivity contribution in [3.8, 4) is 0 Å². The van der Waals surface area contributed by atoms with Crippen LogP contribution in [-0.2, 0) is 4.74 Å². The summed E-state index contributed by atoms with van der Waals surface area (Å²) >= 11 is 0. The van der Waals surface area contributed by atoms with E-state index >= 15 is 0 Å².